The van der Waals surface area contributed by atoms with Crippen molar-refractivity contribution >= 4 is 32.9 Å². The highest BCUT2D eigenvalue weighted by atomic mass is 79.9. The van der Waals surface area contributed by atoms with Crippen LogP contribution < -0.4 is 10.9 Å². The first-order chi connectivity index (χ1) is 13.8. The van der Waals surface area contributed by atoms with E-state index in [0.717, 1.165) is 15.6 Å². The predicted molar refractivity (Wildman–Crippen MR) is 115 cm³/mol. The maximum absolute atomic E-state index is 12.4. The van der Waals surface area contributed by atoms with Gasteiger partial charge in [-0.25, -0.2) is 9.78 Å². The number of nitrogens with one attached hydrogen (secondary N) is 2. The zero-order valence-electron chi connectivity index (χ0n) is 16.4. The average Bonchev–Trinajstić information content (AvgIpc) is 2.72. The fraction of sp³-hybridized carbons (Fsp3) is 0.286. The Morgan fingerprint density at radius 2 is 1.93 bits per heavy atom. The molecule has 0 bridgehead atoms. The monoisotopic (exact) mass is 459 g/mol. The highest BCUT2D eigenvalue weighted by molar-refractivity contribution is 9.10. The van der Waals surface area contributed by atoms with E-state index in [0.29, 0.717) is 29.9 Å². The number of H-pyrrole nitrogens is 1. The molecular weight excluding hydrogens is 438 g/mol. The van der Waals surface area contributed by atoms with E-state index in [1.165, 1.54) is 7.11 Å². The van der Waals surface area contributed by atoms with Crippen LogP contribution in [0.25, 0.3) is 22.3 Å². The van der Waals surface area contributed by atoms with Gasteiger partial charge in [0.15, 0.2) is 0 Å². The molecule has 1 heterocycles. The summed E-state index contributed by atoms with van der Waals surface area (Å²) in [4.78, 5) is 30.9. The molecule has 3 aromatic rings. The third-order valence-electron chi connectivity index (χ3n) is 4.56. The summed E-state index contributed by atoms with van der Waals surface area (Å²) < 4.78 is 11.2. The third-order valence-corrected chi connectivity index (χ3v) is 5.20. The molecule has 0 unspecified atom stereocenters. The van der Waals surface area contributed by atoms with Crippen molar-refractivity contribution in [1.82, 2.24) is 15.3 Å². The van der Waals surface area contributed by atoms with Crippen molar-refractivity contribution < 1.29 is 14.3 Å². The number of methoxy groups -OCH3 is 1. The summed E-state index contributed by atoms with van der Waals surface area (Å²) in [5, 5.41) is 3.12. The topological polar surface area (TPSA) is 93.3 Å². The first kappa shape index (κ1) is 21.0. The van der Waals surface area contributed by atoms with E-state index in [-0.39, 0.29) is 5.56 Å². The van der Waals surface area contributed by atoms with E-state index in [4.69, 9.17) is 4.74 Å². The minimum absolute atomic E-state index is 0.183. The van der Waals surface area contributed by atoms with Crippen LogP contribution in [0, 0.1) is 0 Å². The Bertz CT molecular complexity index is 1080. The zero-order chi connectivity index (χ0) is 21.0. The smallest absolute Gasteiger partial charge is 0.406 e. The highest BCUT2D eigenvalue weighted by Gasteiger charge is 2.21. The molecule has 3 rings (SSSR count). The van der Waals surface area contributed by atoms with Crippen LogP contribution in [0.15, 0.2) is 51.7 Å². The molecule has 0 aliphatic carbocycles. The van der Waals surface area contributed by atoms with Gasteiger partial charge in [-0.1, -0.05) is 30.3 Å². The largest absolute Gasteiger partial charge is 0.453 e. The number of nitrogens with zero attached hydrogens (tertiary/aromatic N) is 1. The van der Waals surface area contributed by atoms with E-state index in [1.807, 2.05) is 44.2 Å². The molecule has 0 spiro atoms. The van der Waals surface area contributed by atoms with Gasteiger partial charge in [0.25, 0.3) is 5.56 Å². The molecule has 1 aromatic heterocycles. The molecule has 0 saturated heterocycles. The Morgan fingerprint density at radius 1 is 1.21 bits per heavy atom. The second-order valence-electron chi connectivity index (χ2n) is 6.91. The third kappa shape index (κ3) is 4.83. The molecule has 2 N–H and O–H groups in total. The van der Waals surface area contributed by atoms with Crippen LogP contribution in [0.1, 0.15) is 19.4 Å². The number of hydrogen-bond donors (Lipinski definition) is 2. The molecule has 8 heteroatoms. The number of hydrogen-bond acceptors (Lipinski definition) is 5. The van der Waals surface area contributed by atoms with Crippen molar-refractivity contribution in [2.24, 2.45) is 0 Å². The number of aromatic amines is 1. The Hall–Kier alpha value is -2.71. The zero-order valence-corrected chi connectivity index (χ0v) is 18.0. The van der Waals surface area contributed by atoms with Crippen LogP contribution in [0.2, 0.25) is 0 Å². The van der Waals surface area contributed by atoms with E-state index < -0.39 is 11.7 Å². The lowest BCUT2D eigenvalue weighted by Gasteiger charge is -2.26. The summed E-state index contributed by atoms with van der Waals surface area (Å²) in [5.74, 6) is 0.502. The first-order valence-electron chi connectivity index (χ1n) is 9.07. The van der Waals surface area contributed by atoms with Gasteiger partial charge in [-0.3, -0.25) is 4.79 Å². The normalized spacial score (nSPS) is 11.4. The number of amides is 1. The lowest BCUT2D eigenvalue weighted by atomic mass is 9.96. The van der Waals surface area contributed by atoms with Gasteiger partial charge in [-0.2, -0.15) is 0 Å². The summed E-state index contributed by atoms with van der Waals surface area (Å²) in [5.41, 5.74) is 1.65. The number of para-hydroxylation sites is 1. The van der Waals surface area contributed by atoms with Crippen LogP contribution in [-0.2, 0) is 15.1 Å². The SMILES string of the molecule is COC(=O)NCCOC(C)(C)c1ccc(-c2nc3c(Br)cccc3c(=O)[nH]2)cc1. The average molecular weight is 460 g/mol. The maximum atomic E-state index is 12.4. The van der Waals surface area contributed by atoms with Gasteiger partial charge in [0.2, 0.25) is 0 Å². The van der Waals surface area contributed by atoms with Gasteiger partial charge >= 0.3 is 6.09 Å². The predicted octanol–water partition coefficient (Wildman–Crippen LogP) is 3.96. The molecule has 152 valence electrons. The van der Waals surface area contributed by atoms with E-state index >= 15 is 0 Å². The van der Waals surface area contributed by atoms with Gasteiger partial charge in [-0.05, 0) is 47.5 Å². The Labute approximate surface area is 176 Å². The quantitative estimate of drug-likeness (QED) is 0.544. The number of carbonyl (C=O) groups is 1. The van der Waals surface area contributed by atoms with Gasteiger partial charge in [0.1, 0.15) is 5.82 Å². The maximum Gasteiger partial charge on any atom is 0.406 e. The molecule has 0 fully saturated rings. The van der Waals surface area contributed by atoms with Crippen molar-refractivity contribution in [2.75, 3.05) is 20.3 Å². The lowest BCUT2D eigenvalue weighted by Crippen LogP contribution is -2.30. The molecule has 0 saturated carbocycles. The van der Waals surface area contributed by atoms with Crippen LogP contribution in [0.5, 0.6) is 0 Å². The molecule has 1 amide bonds. The van der Waals surface area contributed by atoms with E-state index in [9.17, 15) is 9.59 Å². The number of aromatic nitrogens is 2. The number of halogens is 1. The first-order valence-corrected chi connectivity index (χ1v) is 9.86. The molecule has 0 radical (unpaired) electrons. The molecular formula is C21H22BrN3O4. The van der Waals surface area contributed by atoms with E-state index in [2.05, 4.69) is 36.0 Å². The summed E-state index contributed by atoms with van der Waals surface area (Å²) >= 11 is 3.45. The number of alkyl carbamates (subject to hydrolysis) is 1. The molecule has 0 aliphatic rings. The van der Waals surface area contributed by atoms with Crippen LogP contribution in [0.4, 0.5) is 4.79 Å². The van der Waals surface area contributed by atoms with Gasteiger partial charge in [0.05, 0.1) is 30.2 Å². The van der Waals surface area contributed by atoms with Crippen molar-refractivity contribution in [3.63, 3.8) is 0 Å². The number of benzene rings is 2. The molecule has 29 heavy (non-hydrogen) atoms. The lowest BCUT2D eigenvalue weighted by molar-refractivity contribution is -0.0195. The fourth-order valence-corrected chi connectivity index (χ4v) is 3.36. The Balaban J connectivity index is 1.78. The molecule has 0 atom stereocenters. The van der Waals surface area contributed by atoms with Crippen molar-refractivity contribution in [2.45, 2.75) is 19.4 Å². The second-order valence-corrected chi connectivity index (χ2v) is 7.76. The summed E-state index contributed by atoms with van der Waals surface area (Å²) in [7, 11) is 1.32. The summed E-state index contributed by atoms with van der Waals surface area (Å²) in [6.07, 6.45) is -0.487. The highest BCUT2D eigenvalue weighted by Crippen LogP contribution is 2.27. The van der Waals surface area contributed by atoms with Crippen LogP contribution in [0.3, 0.4) is 0 Å². The van der Waals surface area contributed by atoms with Crippen molar-refractivity contribution in [3.8, 4) is 11.4 Å². The van der Waals surface area contributed by atoms with E-state index in [1.54, 1.807) is 12.1 Å². The number of fused-ring (bicyclic) bond motifs is 1. The molecule has 0 aliphatic heterocycles. The Kier molecular flexibility index (Phi) is 6.34. The van der Waals surface area contributed by atoms with Gasteiger partial charge in [0, 0.05) is 16.6 Å². The standard InChI is InChI=1S/C21H22BrN3O4/c1-21(2,29-12-11-23-20(27)28-3)14-9-7-13(8-10-14)18-24-17-15(19(26)25-18)5-4-6-16(17)22/h4-10H,11-12H2,1-3H3,(H,23,27)(H,24,25,26). The molecule has 2 aromatic carbocycles. The van der Waals surface area contributed by atoms with Crippen LogP contribution >= 0.6 is 15.9 Å². The summed E-state index contributed by atoms with van der Waals surface area (Å²) in [6, 6.07) is 13.1. The van der Waals surface area contributed by atoms with Crippen molar-refractivity contribution in [3.05, 3.63) is 62.9 Å². The van der Waals surface area contributed by atoms with Gasteiger partial charge < -0.3 is 19.8 Å². The minimum atomic E-state index is -0.552. The van der Waals surface area contributed by atoms with Gasteiger partial charge in [-0.15, -0.1) is 0 Å². The fourth-order valence-electron chi connectivity index (χ4n) is 2.91. The number of carbonyl (C=O) groups excluding carboxylic acids is 1. The number of rotatable bonds is 6. The minimum Gasteiger partial charge on any atom is -0.453 e. The number of ether oxygens (including phenoxy) is 2. The van der Waals surface area contributed by atoms with Crippen LogP contribution in [-0.4, -0.2) is 36.3 Å². The second kappa shape index (κ2) is 8.75. The molecule has 7 nitrogen and oxygen atoms in total. The summed E-state index contributed by atoms with van der Waals surface area (Å²) in [6.45, 7) is 4.60. The van der Waals surface area contributed by atoms with Crippen molar-refractivity contribution in [1.29, 1.82) is 0 Å². The Morgan fingerprint density at radius 3 is 2.62 bits per heavy atom.